The van der Waals surface area contributed by atoms with E-state index in [0.29, 0.717) is 19.1 Å². The van der Waals surface area contributed by atoms with Gasteiger partial charge < -0.3 is 9.84 Å². The molecule has 0 saturated carbocycles. The van der Waals surface area contributed by atoms with Crippen LogP contribution in [0.3, 0.4) is 0 Å². The first-order valence-electron chi connectivity index (χ1n) is 7.80. The molecule has 2 atom stereocenters. The summed E-state index contributed by atoms with van der Waals surface area (Å²) in [5, 5.41) is 14.5. The molecule has 2 unspecified atom stereocenters. The molecule has 1 saturated heterocycles. The lowest BCUT2D eigenvalue weighted by Gasteiger charge is -2.27. The molecule has 0 amide bonds. The summed E-state index contributed by atoms with van der Waals surface area (Å²) in [5.41, 5.74) is 1.27. The largest absolute Gasteiger partial charge is 0.497 e. The molecule has 1 aliphatic heterocycles. The minimum absolute atomic E-state index is 0.363. The molecule has 5 heteroatoms. The maximum absolute atomic E-state index is 10.3. The molecule has 1 aromatic heterocycles. The van der Waals surface area contributed by atoms with Crippen molar-refractivity contribution in [2.45, 2.75) is 31.5 Å². The van der Waals surface area contributed by atoms with Gasteiger partial charge in [-0.15, -0.1) is 0 Å². The average molecular weight is 301 g/mol. The Morgan fingerprint density at radius 3 is 3.05 bits per heavy atom. The Balaban J connectivity index is 1.64. The Hall–Kier alpha value is -1.85. The normalized spacial score (nSPS) is 20.2. The first kappa shape index (κ1) is 15.1. The number of ether oxygens (including phenoxy) is 1. The van der Waals surface area contributed by atoms with E-state index < -0.39 is 6.10 Å². The van der Waals surface area contributed by atoms with E-state index in [-0.39, 0.29) is 0 Å². The van der Waals surface area contributed by atoms with Crippen molar-refractivity contribution in [3.8, 4) is 5.75 Å². The maximum Gasteiger partial charge on any atom is 0.119 e. The summed E-state index contributed by atoms with van der Waals surface area (Å²) in [5.74, 6) is 0.890. The van der Waals surface area contributed by atoms with Crippen LogP contribution >= 0.6 is 0 Å². The Morgan fingerprint density at radius 2 is 2.27 bits per heavy atom. The van der Waals surface area contributed by atoms with Gasteiger partial charge in [0.2, 0.25) is 0 Å². The highest BCUT2D eigenvalue weighted by molar-refractivity contribution is 5.31. The molecular weight excluding hydrogens is 278 g/mol. The lowest BCUT2D eigenvalue weighted by atomic mass is 10.0. The zero-order valence-corrected chi connectivity index (χ0v) is 12.9. The second-order valence-electron chi connectivity index (χ2n) is 5.81. The van der Waals surface area contributed by atoms with Crippen molar-refractivity contribution in [1.29, 1.82) is 0 Å². The van der Waals surface area contributed by atoms with Gasteiger partial charge >= 0.3 is 0 Å². The lowest BCUT2D eigenvalue weighted by Crippen LogP contribution is -2.34. The van der Waals surface area contributed by atoms with Crippen molar-refractivity contribution in [3.05, 3.63) is 48.3 Å². The number of hydrogen-bond acceptors (Lipinski definition) is 4. The molecule has 1 fully saturated rings. The van der Waals surface area contributed by atoms with Crippen LogP contribution in [0.4, 0.5) is 0 Å². The predicted molar refractivity (Wildman–Crippen MR) is 84.8 cm³/mol. The van der Waals surface area contributed by atoms with Crippen molar-refractivity contribution in [2.24, 2.45) is 0 Å². The van der Waals surface area contributed by atoms with Gasteiger partial charge in [0, 0.05) is 25.0 Å². The summed E-state index contributed by atoms with van der Waals surface area (Å²) in [6, 6.07) is 10.5. The molecular formula is C17H23N3O2. The van der Waals surface area contributed by atoms with Crippen LogP contribution in [0.25, 0.3) is 0 Å². The standard InChI is InChI=1S/C17H23N3O2/c1-22-16-6-2-5-14(11-16)17-7-3-9-19(17)12-15(21)13-20-10-4-8-18-20/h2,4-6,8,10-11,15,17,21H,3,7,9,12-13H2,1H3. The topological polar surface area (TPSA) is 50.5 Å². The molecule has 1 aromatic carbocycles. The minimum Gasteiger partial charge on any atom is -0.497 e. The number of aromatic nitrogens is 2. The fourth-order valence-corrected chi connectivity index (χ4v) is 3.22. The number of rotatable bonds is 6. The van der Waals surface area contributed by atoms with Gasteiger partial charge in [-0.2, -0.15) is 5.10 Å². The number of methoxy groups -OCH3 is 1. The SMILES string of the molecule is COc1cccc(C2CCCN2CC(O)Cn2cccn2)c1. The van der Waals surface area contributed by atoms with E-state index >= 15 is 0 Å². The molecule has 118 valence electrons. The number of hydrogen-bond donors (Lipinski definition) is 1. The first-order chi connectivity index (χ1) is 10.8. The van der Waals surface area contributed by atoms with Crippen molar-refractivity contribution in [1.82, 2.24) is 14.7 Å². The lowest BCUT2D eigenvalue weighted by molar-refractivity contribution is 0.0890. The average Bonchev–Trinajstić information content (AvgIpc) is 3.19. The molecule has 2 heterocycles. The van der Waals surface area contributed by atoms with Crippen LogP contribution in [0.5, 0.6) is 5.75 Å². The van der Waals surface area contributed by atoms with Crippen LogP contribution in [-0.2, 0) is 6.54 Å². The third kappa shape index (κ3) is 3.48. The second-order valence-corrected chi connectivity index (χ2v) is 5.81. The van der Waals surface area contributed by atoms with E-state index in [0.717, 1.165) is 25.1 Å². The zero-order valence-electron chi connectivity index (χ0n) is 12.9. The number of β-amino-alcohol motifs (C(OH)–C–C–N with tert-alkyl or cyclic N) is 1. The van der Waals surface area contributed by atoms with Crippen molar-refractivity contribution in [2.75, 3.05) is 20.2 Å². The van der Waals surface area contributed by atoms with Gasteiger partial charge in [0.1, 0.15) is 5.75 Å². The predicted octanol–water partition coefficient (Wildman–Crippen LogP) is 2.09. The van der Waals surface area contributed by atoms with Crippen LogP contribution in [0, 0.1) is 0 Å². The van der Waals surface area contributed by atoms with Gasteiger partial charge in [-0.25, -0.2) is 0 Å². The minimum atomic E-state index is -0.411. The molecule has 1 aliphatic rings. The zero-order chi connectivity index (χ0) is 15.4. The van der Waals surface area contributed by atoms with E-state index in [4.69, 9.17) is 4.74 Å². The molecule has 3 rings (SSSR count). The monoisotopic (exact) mass is 301 g/mol. The summed E-state index contributed by atoms with van der Waals surface area (Å²) < 4.78 is 7.10. The van der Waals surface area contributed by atoms with Gasteiger partial charge in [-0.05, 0) is 43.1 Å². The summed E-state index contributed by atoms with van der Waals surface area (Å²) in [4.78, 5) is 2.36. The van der Waals surface area contributed by atoms with E-state index in [1.54, 1.807) is 18.0 Å². The molecule has 22 heavy (non-hydrogen) atoms. The van der Waals surface area contributed by atoms with Crippen LogP contribution in [0.15, 0.2) is 42.7 Å². The Bertz CT molecular complexity index is 585. The highest BCUT2D eigenvalue weighted by atomic mass is 16.5. The van der Waals surface area contributed by atoms with Gasteiger partial charge in [0.15, 0.2) is 0 Å². The first-order valence-corrected chi connectivity index (χ1v) is 7.80. The number of aliphatic hydroxyl groups excluding tert-OH is 1. The van der Waals surface area contributed by atoms with Crippen molar-refractivity contribution >= 4 is 0 Å². The molecule has 0 aliphatic carbocycles. The van der Waals surface area contributed by atoms with E-state index in [9.17, 15) is 5.11 Å². The summed E-state index contributed by atoms with van der Waals surface area (Å²) in [7, 11) is 1.69. The van der Waals surface area contributed by atoms with Crippen LogP contribution < -0.4 is 4.74 Å². The highest BCUT2D eigenvalue weighted by Gasteiger charge is 2.27. The summed E-state index contributed by atoms with van der Waals surface area (Å²) in [6.45, 7) is 2.23. The molecule has 0 spiro atoms. The Morgan fingerprint density at radius 1 is 1.36 bits per heavy atom. The van der Waals surface area contributed by atoms with E-state index in [2.05, 4.69) is 22.1 Å². The van der Waals surface area contributed by atoms with Crippen LogP contribution in [0.1, 0.15) is 24.4 Å². The highest BCUT2D eigenvalue weighted by Crippen LogP contribution is 2.33. The summed E-state index contributed by atoms with van der Waals surface area (Å²) >= 11 is 0. The third-order valence-corrected chi connectivity index (χ3v) is 4.24. The smallest absolute Gasteiger partial charge is 0.119 e. The fourth-order valence-electron chi connectivity index (χ4n) is 3.22. The van der Waals surface area contributed by atoms with Gasteiger partial charge in [-0.1, -0.05) is 12.1 Å². The Kier molecular flexibility index (Phi) is 4.75. The van der Waals surface area contributed by atoms with E-state index in [1.807, 2.05) is 24.4 Å². The van der Waals surface area contributed by atoms with Gasteiger partial charge in [0.05, 0.1) is 19.8 Å². The quantitative estimate of drug-likeness (QED) is 0.887. The molecule has 1 N–H and O–H groups in total. The molecule has 0 bridgehead atoms. The number of likely N-dealkylation sites (tertiary alicyclic amines) is 1. The number of aliphatic hydroxyl groups is 1. The van der Waals surface area contributed by atoms with Crippen LogP contribution in [-0.4, -0.2) is 46.1 Å². The second kappa shape index (κ2) is 6.94. The summed E-state index contributed by atoms with van der Waals surface area (Å²) in [6.07, 6.45) is 5.50. The van der Waals surface area contributed by atoms with Crippen molar-refractivity contribution < 1.29 is 9.84 Å². The fraction of sp³-hybridized carbons (Fsp3) is 0.471. The van der Waals surface area contributed by atoms with Crippen molar-refractivity contribution in [3.63, 3.8) is 0 Å². The molecule has 5 nitrogen and oxygen atoms in total. The van der Waals surface area contributed by atoms with Gasteiger partial charge in [-0.3, -0.25) is 9.58 Å². The number of benzene rings is 1. The molecule has 2 aromatic rings. The number of nitrogens with zero attached hydrogens (tertiary/aromatic N) is 3. The molecule has 0 radical (unpaired) electrons. The maximum atomic E-state index is 10.3. The third-order valence-electron chi connectivity index (χ3n) is 4.24. The van der Waals surface area contributed by atoms with E-state index in [1.165, 1.54) is 5.56 Å². The van der Waals surface area contributed by atoms with Gasteiger partial charge in [0.25, 0.3) is 0 Å². The Labute approximate surface area is 131 Å². The van der Waals surface area contributed by atoms with Crippen LogP contribution in [0.2, 0.25) is 0 Å².